The van der Waals surface area contributed by atoms with Gasteiger partial charge >= 0.3 is 0 Å². The number of benzene rings is 2. The van der Waals surface area contributed by atoms with E-state index in [1.165, 1.54) is 4.90 Å². The molecule has 7 nitrogen and oxygen atoms in total. The highest BCUT2D eigenvalue weighted by atomic mass is 35.5. The molecule has 1 heterocycles. The molecule has 0 bridgehead atoms. The Balaban J connectivity index is 1.66. The normalized spacial score (nSPS) is 16.5. The molecule has 2 aromatic rings. The van der Waals surface area contributed by atoms with Gasteiger partial charge in [-0.05, 0) is 49.6 Å². The number of nitrogens with zero attached hydrogens (tertiary/aromatic N) is 2. The lowest BCUT2D eigenvalue weighted by Crippen LogP contribution is -2.46. The Morgan fingerprint density at radius 1 is 1.15 bits per heavy atom. The fraction of sp³-hybridized carbons (Fsp3) is 0.423. The molecule has 1 saturated heterocycles. The summed E-state index contributed by atoms with van der Waals surface area (Å²) in [5.41, 5.74) is 1.39. The second-order valence-corrected chi connectivity index (χ2v) is 9.12. The number of ether oxygens (including phenoxy) is 1. The summed E-state index contributed by atoms with van der Waals surface area (Å²) in [5.74, 6) is -0.0276. The molecule has 8 heteroatoms. The lowest BCUT2D eigenvalue weighted by molar-refractivity contribution is -0.131. The van der Waals surface area contributed by atoms with E-state index in [0.29, 0.717) is 35.8 Å². The smallest absolute Gasteiger partial charge is 0.259 e. The maximum absolute atomic E-state index is 13.2. The van der Waals surface area contributed by atoms with E-state index in [9.17, 15) is 14.4 Å². The van der Waals surface area contributed by atoms with E-state index in [0.717, 1.165) is 18.4 Å². The summed E-state index contributed by atoms with van der Waals surface area (Å²) < 4.78 is 5.77. The van der Waals surface area contributed by atoms with Gasteiger partial charge in [0.15, 0.2) is 6.61 Å². The van der Waals surface area contributed by atoms with Gasteiger partial charge < -0.3 is 19.9 Å². The Morgan fingerprint density at radius 2 is 1.85 bits per heavy atom. The zero-order chi connectivity index (χ0) is 24.7. The van der Waals surface area contributed by atoms with Crippen LogP contribution in [0.4, 0.5) is 0 Å². The van der Waals surface area contributed by atoms with Gasteiger partial charge in [-0.1, -0.05) is 36.7 Å². The molecule has 0 saturated carbocycles. The first-order valence-electron chi connectivity index (χ1n) is 11.6. The zero-order valence-electron chi connectivity index (χ0n) is 19.9. The Labute approximate surface area is 206 Å². The first kappa shape index (κ1) is 25.6. The maximum atomic E-state index is 13.2. The zero-order valence-corrected chi connectivity index (χ0v) is 20.7. The fourth-order valence-corrected chi connectivity index (χ4v) is 4.13. The molecule has 182 valence electrons. The van der Waals surface area contributed by atoms with Crippen LogP contribution in [0, 0.1) is 5.92 Å². The van der Waals surface area contributed by atoms with Crippen molar-refractivity contribution in [3.8, 4) is 5.75 Å². The van der Waals surface area contributed by atoms with Crippen LogP contribution in [-0.2, 0) is 9.59 Å². The third-order valence-electron chi connectivity index (χ3n) is 6.04. The Hall–Kier alpha value is -3.06. The number of hydrogen-bond acceptors (Lipinski definition) is 4. The van der Waals surface area contributed by atoms with Gasteiger partial charge in [0.1, 0.15) is 5.75 Å². The Kier molecular flexibility index (Phi) is 8.93. The van der Waals surface area contributed by atoms with Crippen LogP contribution >= 0.6 is 11.6 Å². The molecule has 3 rings (SSSR count). The van der Waals surface area contributed by atoms with Crippen LogP contribution in [-0.4, -0.2) is 61.3 Å². The first-order chi connectivity index (χ1) is 16.3. The first-order valence-corrected chi connectivity index (χ1v) is 11.9. The Morgan fingerprint density at radius 3 is 2.53 bits per heavy atom. The van der Waals surface area contributed by atoms with Gasteiger partial charge in [-0.2, -0.15) is 0 Å². The minimum absolute atomic E-state index is 0.0706. The lowest BCUT2D eigenvalue weighted by Gasteiger charge is -2.33. The van der Waals surface area contributed by atoms with Gasteiger partial charge in [0.25, 0.3) is 11.8 Å². The molecule has 1 N–H and O–H groups in total. The van der Waals surface area contributed by atoms with Gasteiger partial charge in [-0.3, -0.25) is 14.4 Å². The SMILES string of the molecule is CCC(NC(=O)C1CCCN(C(=O)c2ccc(Cl)cc2)C1)c1ccccc1OCC(=O)N(C)C. The predicted octanol–water partition coefficient (Wildman–Crippen LogP) is 3.93. The molecular formula is C26H32ClN3O4. The maximum Gasteiger partial charge on any atom is 0.259 e. The molecule has 2 unspecified atom stereocenters. The van der Waals surface area contributed by atoms with E-state index in [2.05, 4.69) is 5.32 Å². The van der Waals surface area contributed by atoms with E-state index in [1.807, 2.05) is 25.1 Å². The van der Waals surface area contributed by atoms with Crippen LogP contribution in [0.1, 0.15) is 48.1 Å². The van der Waals surface area contributed by atoms with Gasteiger partial charge in [-0.25, -0.2) is 0 Å². The third-order valence-corrected chi connectivity index (χ3v) is 6.29. The summed E-state index contributed by atoms with van der Waals surface area (Å²) >= 11 is 5.93. The monoisotopic (exact) mass is 485 g/mol. The van der Waals surface area contributed by atoms with E-state index >= 15 is 0 Å². The molecule has 0 aromatic heterocycles. The van der Waals surface area contributed by atoms with Crippen molar-refractivity contribution in [3.05, 3.63) is 64.7 Å². The number of rotatable bonds is 8. The van der Waals surface area contributed by atoms with E-state index < -0.39 is 0 Å². The van der Waals surface area contributed by atoms with Crippen molar-refractivity contribution < 1.29 is 19.1 Å². The van der Waals surface area contributed by atoms with Crippen LogP contribution < -0.4 is 10.1 Å². The standard InChI is InChI=1S/C26H32ClN3O4/c1-4-22(21-9-5-6-10-23(21)34-17-24(31)29(2)3)28-25(32)19-8-7-15-30(16-19)26(33)18-11-13-20(27)14-12-18/h5-6,9-14,19,22H,4,7-8,15-17H2,1-3H3,(H,28,32). The molecule has 3 amide bonds. The lowest BCUT2D eigenvalue weighted by atomic mass is 9.95. The van der Waals surface area contributed by atoms with Crippen molar-refractivity contribution in [2.24, 2.45) is 5.92 Å². The van der Waals surface area contributed by atoms with Crippen molar-refractivity contribution >= 4 is 29.3 Å². The number of hydrogen-bond donors (Lipinski definition) is 1. The van der Waals surface area contributed by atoms with Crippen LogP contribution in [0.25, 0.3) is 0 Å². The molecule has 1 aliphatic heterocycles. The average Bonchev–Trinajstić information content (AvgIpc) is 2.86. The molecular weight excluding hydrogens is 454 g/mol. The molecule has 1 aliphatic rings. The van der Waals surface area contributed by atoms with Crippen molar-refractivity contribution in [3.63, 3.8) is 0 Å². The minimum Gasteiger partial charge on any atom is -0.483 e. The third kappa shape index (κ3) is 6.50. The molecule has 2 aromatic carbocycles. The largest absolute Gasteiger partial charge is 0.483 e. The average molecular weight is 486 g/mol. The molecule has 0 aliphatic carbocycles. The second kappa shape index (κ2) is 11.9. The molecule has 0 radical (unpaired) electrons. The number of carbonyl (C=O) groups is 3. The number of nitrogens with one attached hydrogen (secondary N) is 1. The summed E-state index contributed by atoms with van der Waals surface area (Å²) in [5, 5.41) is 3.72. The Bertz CT molecular complexity index is 1010. The second-order valence-electron chi connectivity index (χ2n) is 8.68. The summed E-state index contributed by atoms with van der Waals surface area (Å²) in [6.45, 7) is 2.92. The number of likely N-dealkylation sites (N-methyl/N-ethyl adjacent to an activating group) is 1. The van der Waals surface area contributed by atoms with Crippen LogP contribution in [0.15, 0.2) is 48.5 Å². The topological polar surface area (TPSA) is 79.0 Å². The quantitative estimate of drug-likeness (QED) is 0.614. The van der Waals surface area contributed by atoms with Gasteiger partial charge in [0.05, 0.1) is 12.0 Å². The van der Waals surface area contributed by atoms with Crippen molar-refractivity contribution in [2.45, 2.75) is 32.2 Å². The van der Waals surface area contributed by atoms with E-state index in [1.54, 1.807) is 49.3 Å². The van der Waals surface area contributed by atoms with Crippen molar-refractivity contribution in [1.29, 1.82) is 0 Å². The number of amides is 3. The summed E-state index contributed by atoms with van der Waals surface area (Å²) in [7, 11) is 3.36. The summed E-state index contributed by atoms with van der Waals surface area (Å²) in [6.07, 6.45) is 2.15. The summed E-state index contributed by atoms with van der Waals surface area (Å²) in [6, 6.07) is 14.0. The number of halogens is 1. The molecule has 2 atom stereocenters. The van der Waals surface area contributed by atoms with Gasteiger partial charge in [0.2, 0.25) is 5.91 Å². The number of para-hydroxylation sites is 1. The molecule has 34 heavy (non-hydrogen) atoms. The highest BCUT2D eigenvalue weighted by Gasteiger charge is 2.30. The minimum atomic E-state index is -0.289. The van der Waals surface area contributed by atoms with Gasteiger partial charge in [-0.15, -0.1) is 0 Å². The highest BCUT2D eigenvalue weighted by molar-refractivity contribution is 6.30. The van der Waals surface area contributed by atoms with Crippen molar-refractivity contribution in [2.75, 3.05) is 33.8 Å². The molecule has 1 fully saturated rings. The number of carbonyl (C=O) groups excluding carboxylic acids is 3. The van der Waals surface area contributed by atoms with Gasteiger partial charge in [0, 0.05) is 43.3 Å². The highest BCUT2D eigenvalue weighted by Crippen LogP contribution is 2.28. The summed E-state index contributed by atoms with van der Waals surface area (Å²) in [4.78, 5) is 41.3. The van der Waals surface area contributed by atoms with E-state index in [-0.39, 0.29) is 36.3 Å². The van der Waals surface area contributed by atoms with Crippen molar-refractivity contribution in [1.82, 2.24) is 15.1 Å². The number of piperidine rings is 1. The van der Waals surface area contributed by atoms with Crippen LogP contribution in [0.5, 0.6) is 5.75 Å². The van der Waals surface area contributed by atoms with E-state index in [4.69, 9.17) is 16.3 Å². The molecule has 0 spiro atoms. The number of likely N-dealkylation sites (tertiary alicyclic amines) is 1. The predicted molar refractivity (Wildman–Crippen MR) is 132 cm³/mol. The fourth-order valence-electron chi connectivity index (χ4n) is 4.01. The van der Waals surface area contributed by atoms with Crippen LogP contribution in [0.3, 0.4) is 0 Å². The van der Waals surface area contributed by atoms with Crippen LogP contribution in [0.2, 0.25) is 5.02 Å².